The average molecular weight is 215 g/mol. The van der Waals surface area contributed by atoms with E-state index in [0.717, 1.165) is 19.3 Å². The highest BCUT2D eigenvalue weighted by atomic mass is 16.5. The molecule has 3 heteroatoms. The summed E-state index contributed by atoms with van der Waals surface area (Å²) in [4.78, 5) is 11.6. The van der Waals surface area contributed by atoms with Crippen molar-refractivity contribution in [1.29, 1.82) is 0 Å². The summed E-state index contributed by atoms with van der Waals surface area (Å²) in [5.41, 5.74) is 5.64. The van der Waals surface area contributed by atoms with Crippen LogP contribution in [0.1, 0.15) is 47.0 Å². The highest BCUT2D eigenvalue weighted by molar-refractivity contribution is 5.81. The van der Waals surface area contributed by atoms with Crippen LogP contribution in [0.5, 0.6) is 0 Å². The van der Waals surface area contributed by atoms with Gasteiger partial charge in [0.05, 0.1) is 6.10 Å². The molecule has 0 aliphatic heterocycles. The minimum Gasteiger partial charge on any atom is -0.371 e. The zero-order chi connectivity index (χ0) is 11.8. The van der Waals surface area contributed by atoms with Crippen molar-refractivity contribution in [3.05, 3.63) is 0 Å². The molecule has 15 heavy (non-hydrogen) atoms. The van der Waals surface area contributed by atoms with Crippen LogP contribution in [0.4, 0.5) is 0 Å². The van der Waals surface area contributed by atoms with Gasteiger partial charge in [0.2, 0.25) is 0 Å². The molecule has 0 bridgehead atoms. The molecule has 0 aliphatic carbocycles. The number of ether oxygens (including phenoxy) is 1. The molecule has 2 N–H and O–H groups in total. The lowest BCUT2D eigenvalue weighted by Crippen LogP contribution is -2.21. The molecule has 0 aromatic carbocycles. The molecule has 90 valence electrons. The lowest BCUT2D eigenvalue weighted by molar-refractivity contribution is -0.128. The van der Waals surface area contributed by atoms with Gasteiger partial charge in [-0.3, -0.25) is 4.79 Å². The summed E-state index contributed by atoms with van der Waals surface area (Å²) >= 11 is 0. The van der Waals surface area contributed by atoms with Gasteiger partial charge in [-0.25, -0.2) is 0 Å². The lowest BCUT2D eigenvalue weighted by atomic mass is 9.98. The van der Waals surface area contributed by atoms with E-state index in [-0.39, 0.29) is 30.5 Å². The molecule has 0 rings (SSSR count). The second-order valence-corrected chi connectivity index (χ2v) is 4.64. The first-order valence-electron chi connectivity index (χ1n) is 5.83. The third-order valence-corrected chi connectivity index (χ3v) is 2.41. The molecule has 2 atom stereocenters. The number of nitrogens with two attached hydrogens (primary N) is 1. The van der Waals surface area contributed by atoms with Crippen LogP contribution in [0.3, 0.4) is 0 Å². The summed E-state index contributed by atoms with van der Waals surface area (Å²) in [5, 5.41) is 0. The predicted octanol–water partition coefficient (Wildman–Crippen LogP) is 2.13. The maximum absolute atomic E-state index is 11.6. The van der Waals surface area contributed by atoms with Crippen LogP contribution >= 0.6 is 0 Å². The summed E-state index contributed by atoms with van der Waals surface area (Å²) in [6.45, 7) is 8.08. The third-order valence-electron chi connectivity index (χ3n) is 2.41. The Morgan fingerprint density at radius 1 is 1.20 bits per heavy atom. The summed E-state index contributed by atoms with van der Waals surface area (Å²) in [6, 6.07) is 0.235. The van der Waals surface area contributed by atoms with Crippen LogP contribution in [0.2, 0.25) is 0 Å². The summed E-state index contributed by atoms with van der Waals surface area (Å²) < 4.78 is 5.28. The standard InChI is InChI=1S/C12H25NO2/c1-9(2)15-8-12(14)10(3)6-5-7-11(4)13/h9-11H,5-8,13H2,1-4H3. The number of hydrogen-bond acceptors (Lipinski definition) is 3. The molecule has 0 aromatic heterocycles. The molecule has 0 saturated carbocycles. The average Bonchev–Trinajstić information content (AvgIpc) is 2.13. The van der Waals surface area contributed by atoms with Crippen molar-refractivity contribution >= 4 is 5.78 Å². The van der Waals surface area contributed by atoms with Crippen LogP contribution in [-0.4, -0.2) is 24.5 Å². The first kappa shape index (κ1) is 14.6. The van der Waals surface area contributed by atoms with E-state index in [0.29, 0.717) is 0 Å². The molecule has 0 saturated heterocycles. The summed E-state index contributed by atoms with van der Waals surface area (Å²) in [7, 11) is 0. The number of carbonyl (C=O) groups is 1. The van der Waals surface area contributed by atoms with Gasteiger partial charge in [0, 0.05) is 12.0 Å². The van der Waals surface area contributed by atoms with Gasteiger partial charge in [-0.05, 0) is 33.6 Å². The fraction of sp³-hybridized carbons (Fsp3) is 0.917. The molecule has 0 spiro atoms. The van der Waals surface area contributed by atoms with E-state index in [1.165, 1.54) is 0 Å². The largest absolute Gasteiger partial charge is 0.371 e. The molecule has 0 aromatic rings. The Morgan fingerprint density at radius 2 is 1.80 bits per heavy atom. The molecule has 3 nitrogen and oxygen atoms in total. The Labute approximate surface area is 93.4 Å². The van der Waals surface area contributed by atoms with Crippen molar-refractivity contribution in [3.8, 4) is 0 Å². The smallest absolute Gasteiger partial charge is 0.161 e. The first-order valence-corrected chi connectivity index (χ1v) is 5.83. The fourth-order valence-corrected chi connectivity index (χ4v) is 1.30. The predicted molar refractivity (Wildman–Crippen MR) is 62.8 cm³/mol. The minimum absolute atomic E-state index is 0.0995. The van der Waals surface area contributed by atoms with E-state index in [4.69, 9.17) is 10.5 Å². The number of hydrogen-bond donors (Lipinski definition) is 1. The fourth-order valence-electron chi connectivity index (χ4n) is 1.30. The molecule has 2 unspecified atom stereocenters. The SMILES string of the molecule is CC(N)CCCC(C)C(=O)COC(C)C. The van der Waals surface area contributed by atoms with Gasteiger partial charge in [0.1, 0.15) is 6.61 Å². The molecule has 0 aliphatic rings. The van der Waals surface area contributed by atoms with Crippen LogP contribution in [0.15, 0.2) is 0 Å². The van der Waals surface area contributed by atoms with Gasteiger partial charge in [-0.2, -0.15) is 0 Å². The Kier molecular flexibility index (Phi) is 7.61. The van der Waals surface area contributed by atoms with Gasteiger partial charge in [0.15, 0.2) is 5.78 Å². The second-order valence-electron chi connectivity index (χ2n) is 4.64. The van der Waals surface area contributed by atoms with Crippen LogP contribution < -0.4 is 5.73 Å². The number of carbonyl (C=O) groups excluding carboxylic acids is 1. The van der Waals surface area contributed by atoms with Crippen LogP contribution in [-0.2, 0) is 9.53 Å². The molecular weight excluding hydrogens is 190 g/mol. The number of rotatable bonds is 8. The highest BCUT2D eigenvalue weighted by Crippen LogP contribution is 2.10. The van der Waals surface area contributed by atoms with Crippen molar-refractivity contribution in [2.75, 3.05) is 6.61 Å². The van der Waals surface area contributed by atoms with Crippen molar-refractivity contribution in [1.82, 2.24) is 0 Å². The van der Waals surface area contributed by atoms with Crippen molar-refractivity contribution in [2.24, 2.45) is 11.7 Å². The van der Waals surface area contributed by atoms with Crippen molar-refractivity contribution in [2.45, 2.75) is 59.1 Å². The van der Waals surface area contributed by atoms with E-state index in [1.807, 2.05) is 27.7 Å². The number of Topliss-reactive ketones (excluding diaryl/α,β-unsaturated/α-hetero) is 1. The van der Waals surface area contributed by atoms with Crippen LogP contribution in [0.25, 0.3) is 0 Å². The molecule has 0 radical (unpaired) electrons. The Balaban J connectivity index is 3.60. The first-order chi connectivity index (χ1) is 6.93. The normalized spacial score (nSPS) is 15.3. The van der Waals surface area contributed by atoms with Crippen molar-refractivity contribution < 1.29 is 9.53 Å². The van der Waals surface area contributed by atoms with Crippen molar-refractivity contribution in [3.63, 3.8) is 0 Å². The zero-order valence-corrected chi connectivity index (χ0v) is 10.5. The van der Waals surface area contributed by atoms with Gasteiger partial charge in [-0.15, -0.1) is 0 Å². The minimum atomic E-state index is 0.0995. The van der Waals surface area contributed by atoms with E-state index in [2.05, 4.69) is 0 Å². The topological polar surface area (TPSA) is 52.3 Å². The monoisotopic (exact) mass is 215 g/mol. The molecular formula is C12H25NO2. The lowest BCUT2D eigenvalue weighted by Gasteiger charge is -2.12. The van der Waals surface area contributed by atoms with E-state index >= 15 is 0 Å². The van der Waals surface area contributed by atoms with E-state index in [9.17, 15) is 4.79 Å². The quantitative estimate of drug-likeness (QED) is 0.675. The van der Waals surface area contributed by atoms with Crippen LogP contribution in [0, 0.1) is 5.92 Å². The van der Waals surface area contributed by atoms with Gasteiger partial charge in [-0.1, -0.05) is 13.3 Å². The summed E-state index contributed by atoms with van der Waals surface area (Å²) in [5.74, 6) is 0.302. The third kappa shape index (κ3) is 8.58. The maximum atomic E-state index is 11.6. The Morgan fingerprint density at radius 3 is 2.27 bits per heavy atom. The van der Waals surface area contributed by atoms with Gasteiger partial charge >= 0.3 is 0 Å². The zero-order valence-electron chi connectivity index (χ0n) is 10.5. The molecule has 0 fully saturated rings. The number of ketones is 1. The van der Waals surface area contributed by atoms with E-state index in [1.54, 1.807) is 0 Å². The second kappa shape index (κ2) is 7.83. The maximum Gasteiger partial charge on any atom is 0.161 e. The highest BCUT2D eigenvalue weighted by Gasteiger charge is 2.13. The Hall–Kier alpha value is -0.410. The Bertz CT molecular complexity index is 178. The van der Waals surface area contributed by atoms with E-state index < -0.39 is 0 Å². The van der Waals surface area contributed by atoms with Gasteiger partial charge in [0.25, 0.3) is 0 Å². The molecule has 0 amide bonds. The molecule has 0 heterocycles. The summed E-state index contributed by atoms with van der Waals surface area (Å²) in [6.07, 6.45) is 3.06. The van der Waals surface area contributed by atoms with Gasteiger partial charge < -0.3 is 10.5 Å².